The van der Waals surface area contributed by atoms with Gasteiger partial charge in [-0.2, -0.15) is 4.98 Å². The molecule has 1 saturated carbocycles. The van der Waals surface area contributed by atoms with Gasteiger partial charge in [0.15, 0.2) is 11.8 Å². The molecule has 0 radical (unpaired) electrons. The lowest BCUT2D eigenvalue weighted by molar-refractivity contribution is 0.115. The average Bonchev–Trinajstić information content (AvgIpc) is 3.17. The summed E-state index contributed by atoms with van der Waals surface area (Å²) in [5.41, 5.74) is 0. The third-order valence-corrected chi connectivity index (χ3v) is 5.74. The second-order valence-electron chi connectivity index (χ2n) is 8.22. The van der Waals surface area contributed by atoms with E-state index in [1.54, 1.807) is 0 Å². The molecule has 1 aliphatic heterocycles. The summed E-state index contributed by atoms with van der Waals surface area (Å²) in [7, 11) is 1.83. The summed E-state index contributed by atoms with van der Waals surface area (Å²) >= 11 is 0. The molecule has 1 atom stereocenters. The van der Waals surface area contributed by atoms with Gasteiger partial charge in [-0.15, -0.1) is 24.0 Å². The van der Waals surface area contributed by atoms with E-state index in [-0.39, 0.29) is 24.0 Å². The largest absolute Gasteiger partial charge is 0.356 e. The van der Waals surface area contributed by atoms with Crippen molar-refractivity contribution in [2.45, 2.75) is 83.2 Å². The molecule has 1 saturated heterocycles. The molecule has 2 heterocycles. The van der Waals surface area contributed by atoms with Crippen molar-refractivity contribution in [1.29, 1.82) is 0 Å². The van der Waals surface area contributed by atoms with Gasteiger partial charge in [-0.1, -0.05) is 38.3 Å². The molecule has 1 aromatic rings. The highest BCUT2D eigenvalue weighted by Crippen LogP contribution is 2.25. The molecule has 1 unspecified atom stereocenters. The van der Waals surface area contributed by atoms with Crippen LogP contribution < -0.4 is 10.6 Å². The van der Waals surface area contributed by atoms with Crippen LogP contribution in [0.2, 0.25) is 0 Å². The van der Waals surface area contributed by atoms with E-state index in [1.165, 1.54) is 51.5 Å². The van der Waals surface area contributed by atoms with Gasteiger partial charge in [0.05, 0.1) is 0 Å². The quantitative estimate of drug-likeness (QED) is 0.352. The Morgan fingerprint density at radius 2 is 2.00 bits per heavy atom. The van der Waals surface area contributed by atoms with Crippen LogP contribution in [0.15, 0.2) is 9.52 Å². The second kappa shape index (κ2) is 11.9. The molecule has 28 heavy (non-hydrogen) atoms. The SMILES string of the molecule is CN=C(NCCc1nc(C(C)C)no1)NC1CCCN(C2CCCCC2)C1.I. The van der Waals surface area contributed by atoms with Crippen molar-refractivity contribution in [3.8, 4) is 0 Å². The minimum atomic E-state index is 0. The minimum absolute atomic E-state index is 0. The Balaban J connectivity index is 0.00000280. The molecule has 1 aromatic heterocycles. The Kier molecular flexibility index (Phi) is 9.98. The third-order valence-electron chi connectivity index (χ3n) is 5.74. The molecule has 7 nitrogen and oxygen atoms in total. The lowest BCUT2D eigenvalue weighted by Gasteiger charge is -2.40. The van der Waals surface area contributed by atoms with Crippen LogP contribution in [0.5, 0.6) is 0 Å². The van der Waals surface area contributed by atoms with Gasteiger partial charge in [-0.05, 0) is 32.2 Å². The van der Waals surface area contributed by atoms with Crippen LogP contribution in [0.3, 0.4) is 0 Å². The zero-order valence-corrected chi connectivity index (χ0v) is 19.9. The van der Waals surface area contributed by atoms with Gasteiger partial charge in [0.25, 0.3) is 0 Å². The smallest absolute Gasteiger partial charge is 0.228 e. The van der Waals surface area contributed by atoms with Crippen LogP contribution >= 0.6 is 24.0 Å². The topological polar surface area (TPSA) is 78.6 Å². The van der Waals surface area contributed by atoms with E-state index < -0.39 is 0 Å². The first-order chi connectivity index (χ1) is 13.2. The maximum Gasteiger partial charge on any atom is 0.228 e. The van der Waals surface area contributed by atoms with Crippen molar-refractivity contribution in [2.75, 3.05) is 26.7 Å². The summed E-state index contributed by atoms with van der Waals surface area (Å²) in [6.07, 6.45) is 10.2. The molecule has 0 aromatic carbocycles. The highest BCUT2D eigenvalue weighted by atomic mass is 127. The number of likely N-dealkylation sites (tertiary alicyclic amines) is 1. The van der Waals surface area contributed by atoms with Crippen LogP contribution in [0.1, 0.15) is 76.4 Å². The molecule has 3 rings (SSSR count). The fraction of sp³-hybridized carbons (Fsp3) is 0.850. The lowest BCUT2D eigenvalue weighted by atomic mass is 9.92. The van der Waals surface area contributed by atoms with Gasteiger partial charge < -0.3 is 15.2 Å². The standard InChI is InChI=1S/C20H36N6O.HI/c1-15(2)19-24-18(27-25-19)11-12-22-20(21-3)23-16-8-7-13-26(14-16)17-9-5-4-6-10-17;/h15-17H,4-14H2,1-3H3,(H2,21,22,23);1H. The highest BCUT2D eigenvalue weighted by Gasteiger charge is 2.27. The van der Waals surface area contributed by atoms with Crippen LogP contribution in [-0.2, 0) is 6.42 Å². The number of aromatic nitrogens is 2. The fourth-order valence-corrected chi connectivity index (χ4v) is 4.18. The molecule has 2 aliphatic rings. The molecule has 160 valence electrons. The number of rotatable bonds is 6. The van der Waals surface area contributed by atoms with E-state index in [0.29, 0.717) is 24.3 Å². The fourth-order valence-electron chi connectivity index (χ4n) is 4.18. The molecule has 0 amide bonds. The number of hydrogen-bond donors (Lipinski definition) is 2. The number of aliphatic imine (C=N–C) groups is 1. The number of nitrogens with one attached hydrogen (secondary N) is 2. The van der Waals surface area contributed by atoms with Crippen molar-refractivity contribution in [3.63, 3.8) is 0 Å². The van der Waals surface area contributed by atoms with Crippen molar-refractivity contribution in [1.82, 2.24) is 25.7 Å². The molecule has 8 heteroatoms. The van der Waals surface area contributed by atoms with E-state index in [4.69, 9.17) is 4.52 Å². The summed E-state index contributed by atoms with van der Waals surface area (Å²) in [5, 5.41) is 11.0. The predicted octanol–water partition coefficient (Wildman–Crippen LogP) is 3.32. The Morgan fingerprint density at radius 3 is 2.68 bits per heavy atom. The number of guanidine groups is 1. The second-order valence-corrected chi connectivity index (χ2v) is 8.22. The highest BCUT2D eigenvalue weighted by molar-refractivity contribution is 14.0. The summed E-state index contributed by atoms with van der Waals surface area (Å²) in [4.78, 5) is 11.5. The van der Waals surface area contributed by atoms with Crippen molar-refractivity contribution in [2.24, 2.45) is 4.99 Å². The molecule has 2 fully saturated rings. The lowest BCUT2D eigenvalue weighted by Crippen LogP contribution is -2.53. The molecule has 0 bridgehead atoms. The van der Waals surface area contributed by atoms with Crippen LogP contribution in [-0.4, -0.2) is 59.8 Å². The molecular weight excluding hydrogens is 467 g/mol. The van der Waals surface area contributed by atoms with Crippen molar-refractivity contribution in [3.05, 3.63) is 11.7 Å². The Labute approximate surface area is 186 Å². The molecule has 0 spiro atoms. The van der Waals surface area contributed by atoms with E-state index in [1.807, 2.05) is 7.05 Å². The summed E-state index contributed by atoms with van der Waals surface area (Å²) in [6, 6.07) is 1.27. The normalized spacial score (nSPS) is 22.1. The van der Waals surface area contributed by atoms with Gasteiger partial charge in [0.2, 0.25) is 5.89 Å². The first-order valence-corrected chi connectivity index (χ1v) is 10.7. The molecule has 2 N–H and O–H groups in total. The van der Waals surface area contributed by atoms with E-state index in [9.17, 15) is 0 Å². The first kappa shape index (κ1) is 23.4. The van der Waals surface area contributed by atoms with Gasteiger partial charge in [-0.3, -0.25) is 9.89 Å². The van der Waals surface area contributed by atoms with Crippen LogP contribution in [0.4, 0.5) is 0 Å². The zero-order chi connectivity index (χ0) is 19.1. The van der Waals surface area contributed by atoms with Crippen molar-refractivity contribution < 1.29 is 4.52 Å². The summed E-state index contributed by atoms with van der Waals surface area (Å²) in [5.74, 6) is 2.62. The van der Waals surface area contributed by atoms with E-state index in [0.717, 1.165) is 30.9 Å². The van der Waals surface area contributed by atoms with Gasteiger partial charge in [-0.25, -0.2) is 0 Å². The maximum atomic E-state index is 5.30. The number of piperidine rings is 1. The van der Waals surface area contributed by atoms with E-state index in [2.05, 4.69) is 44.5 Å². The zero-order valence-electron chi connectivity index (χ0n) is 17.6. The molecule has 1 aliphatic carbocycles. The van der Waals surface area contributed by atoms with Gasteiger partial charge in [0, 0.05) is 44.6 Å². The van der Waals surface area contributed by atoms with E-state index >= 15 is 0 Å². The van der Waals surface area contributed by atoms with Crippen LogP contribution in [0.25, 0.3) is 0 Å². The number of halogens is 1. The van der Waals surface area contributed by atoms with Crippen LogP contribution in [0, 0.1) is 0 Å². The predicted molar refractivity (Wildman–Crippen MR) is 123 cm³/mol. The Morgan fingerprint density at radius 1 is 1.21 bits per heavy atom. The third kappa shape index (κ3) is 6.86. The van der Waals surface area contributed by atoms with Gasteiger partial charge >= 0.3 is 0 Å². The monoisotopic (exact) mass is 504 g/mol. The van der Waals surface area contributed by atoms with Gasteiger partial charge in [0.1, 0.15) is 0 Å². The first-order valence-electron chi connectivity index (χ1n) is 10.7. The number of hydrogen-bond acceptors (Lipinski definition) is 5. The average molecular weight is 504 g/mol. The van der Waals surface area contributed by atoms with Crippen molar-refractivity contribution >= 4 is 29.9 Å². The Hall–Kier alpha value is -0.900. The molecular formula is C20H37IN6O. The summed E-state index contributed by atoms with van der Waals surface area (Å²) in [6.45, 7) is 7.26. The number of nitrogens with zero attached hydrogens (tertiary/aromatic N) is 4. The Bertz CT molecular complexity index is 599. The summed E-state index contributed by atoms with van der Waals surface area (Å²) < 4.78 is 5.30. The maximum absolute atomic E-state index is 5.30. The minimum Gasteiger partial charge on any atom is -0.356 e.